The summed E-state index contributed by atoms with van der Waals surface area (Å²) in [5.41, 5.74) is 2.17. The minimum absolute atomic E-state index is 0.0356. The van der Waals surface area contributed by atoms with Crippen molar-refractivity contribution in [2.24, 2.45) is 0 Å². The zero-order valence-corrected chi connectivity index (χ0v) is 8.91. The molecule has 2 nitrogen and oxygen atoms in total. The smallest absolute Gasteiger partial charge is 0.310 e. The monoisotopic (exact) mass is 192 g/mol. The number of carbonyl (C=O) groups excluding carboxylic acids is 1. The Bertz CT molecular complexity index is 316. The second-order valence-electron chi connectivity index (χ2n) is 3.64. The Morgan fingerprint density at radius 3 is 2.57 bits per heavy atom. The van der Waals surface area contributed by atoms with E-state index in [0.717, 1.165) is 11.1 Å². The third-order valence-corrected chi connectivity index (χ3v) is 1.96. The zero-order valence-electron chi connectivity index (χ0n) is 8.91. The van der Waals surface area contributed by atoms with Crippen LogP contribution >= 0.6 is 0 Å². The van der Waals surface area contributed by atoms with Gasteiger partial charge in [0.15, 0.2) is 0 Å². The molecular formula is C12H16O2. The van der Waals surface area contributed by atoms with Crippen molar-refractivity contribution in [2.45, 2.75) is 33.3 Å². The van der Waals surface area contributed by atoms with Crippen LogP contribution in [0, 0.1) is 6.92 Å². The van der Waals surface area contributed by atoms with Gasteiger partial charge >= 0.3 is 5.97 Å². The molecule has 0 amide bonds. The highest BCUT2D eigenvalue weighted by Crippen LogP contribution is 2.08. The maximum Gasteiger partial charge on any atom is 0.310 e. The number of ether oxygens (including phenoxy) is 1. The summed E-state index contributed by atoms with van der Waals surface area (Å²) >= 11 is 0. The van der Waals surface area contributed by atoms with Crippen LogP contribution in [0.3, 0.4) is 0 Å². The topological polar surface area (TPSA) is 26.3 Å². The number of rotatable bonds is 3. The molecule has 0 bridgehead atoms. The molecule has 76 valence electrons. The van der Waals surface area contributed by atoms with Crippen LogP contribution in [0.2, 0.25) is 0 Å². The molecule has 2 heteroatoms. The van der Waals surface area contributed by atoms with Gasteiger partial charge in [-0.05, 0) is 31.9 Å². The summed E-state index contributed by atoms with van der Waals surface area (Å²) in [5.74, 6) is -0.158. The molecule has 0 aliphatic rings. The molecule has 1 aromatic carbocycles. The van der Waals surface area contributed by atoms with E-state index in [2.05, 4.69) is 0 Å². The van der Waals surface area contributed by atoms with Gasteiger partial charge in [0.2, 0.25) is 0 Å². The lowest BCUT2D eigenvalue weighted by atomic mass is 10.1. The van der Waals surface area contributed by atoms with Crippen LogP contribution in [0.15, 0.2) is 24.3 Å². The van der Waals surface area contributed by atoms with Crippen molar-refractivity contribution in [1.29, 1.82) is 0 Å². The van der Waals surface area contributed by atoms with Crippen molar-refractivity contribution < 1.29 is 9.53 Å². The number of hydrogen-bond acceptors (Lipinski definition) is 2. The molecule has 0 saturated carbocycles. The molecule has 0 fully saturated rings. The standard InChI is InChI=1S/C12H16O2/c1-9(2)14-12(13)8-11-7-5-4-6-10(11)3/h4-7,9H,8H2,1-3H3. The first kappa shape index (κ1) is 10.8. The molecule has 0 spiro atoms. The van der Waals surface area contributed by atoms with Crippen LogP contribution in [0.4, 0.5) is 0 Å². The predicted molar refractivity (Wildman–Crippen MR) is 56.1 cm³/mol. The van der Waals surface area contributed by atoms with Crippen LogP contribution in [-0.2, 0) is 16.0 Å². The average Bonchev–Trinajstić information content (AvgIpc) is 2.07. The van der Waals surface area contributed by atoms with E-state index in [1.165, 1.54) is 0 Å². The lowest BCUT2D eigenvalue weighted by Crippen LogP contribution is -2.14. The van der Waals surface area contributed by atoms with Gasteiger partial charge in [0.1, 0.15) is 0 Å². The van der Waals surface area contributed by atoms with E-state index in [1.807, 2.05) is 45.0 Å². The van der Waals surface area contributed by atoms with Gasteiger partial charge in [0.05, 0.1) is 12.5 Å². The summed E-state index contributed by atoms with van der Waals surface area (Å²) in [6.45, 7) is 5.71. The third-order valence-electron chi connectivity index (χ3n) is 1.96. The fourth-order valence-corrected chi connectivity index (χ4v) is 1.27. The normalized spacial score (nSPS) is 10.3. The number of esters is 1. The van der Waals surface area contributed by atoms with Gasteiger partial charge in [-0.1, -0.05) is 24.3 Å². The molecule has 0 aliphatic heterocycles. The third kappa shape index (κ3) is 3.21. The number of carbonyl (C=O) groups is 1. The highest BCUT2D eigenvalue weighted by molar-refractivity contribution is 5.73. The van der Waals surface area contributed by atoms with E-state index in [9.17, 15) is 4.79 Å². The Hall–Kier alpha value is -1.31. The lowest BCUT2D eigenvalue weighted by Gasteiger charge is -2.08. The lowest BCUT2D eigenvalue weighted by molar-refractivity contribution is -0.146. The Labute approximate surface area is 84.9 Å². The van der Waals surface area contributed by atoms with Crippen molar-refractivity contribution in [3.8, 4) is 0 Å². The van der Waals surface area contributed by atoms with Crippen molar-refractivity contribution in [2.75, 3.05) is 0 Å². The van der Waals surface area contributed by atoms with Gasteiger partial charge in [0.25, 0.3) is 0 Å². The van der Waals surface area contributed by atoms with Crippen LogP contribution in [-0.4, -0.2) is 12.1 Å². The largest absolute Gasteiger partial charge is 0.463 e. The number of hydrogen-bond donors (Lipinski definition) is 0. The summed E-state index contributed by atoms with van der Waals surface area (Å²) in [7, 11) is 0. The maximum absolute atomic E-state index is 11.4. The van der Waals surface area contributed by atoms with Crippen LogP contribution in [0.1, 0.15) is 25.0 Å². The van der Waals surface area contributed by atoms with Gasteiger partial charge in [-0.3, -0.25) is 4.79 Å². The second-order valence-corrected chi connectivity index (χ2v) is 3.64. The van der Waals surface area contributed by atoms with E-state index >= 15 is 0 Å². The van der Waals surface area contributed by atoms with Crippen molar-refractivity contribution in [1.82, 2.24) is 0 Å². The Balaban J connectivity index is 2.61. The summed E-state index contributed by atoms with van der Waals surface area (Å²) < 4.78 is 5.07. The Morgan fingerprint density at radius 1 is 1.36 bits per heavy atom. The first-order valence-corrected chi connectivity index (χ1v) is 4.83. The van der Waals surface area contributed by atoms with E-state index in [4.69, 9.17) is 4.74 Å². The van der Waals surface area contributed by atoms with Gasteiger partial charge in [-0.2, -0.15) is 0 Å². The first-order chi connectivity index (χ1) is 6.59. The number of benzene rings is 1. The van der Waals surface area contributed by atoms with E-state index < -0.39 is 0 Å². The molecule has 0 aliphatic carbocycles. The van der Waals surface area contributed by atoms with E-state index in [0.29, 0.717) is 6.42 Å². The molecule has 0 saturated heterocycles. The molecule has 0 N–H and O–H groups in total. The molecule has 1 aromatic rings. The van der Waals surface area contributed by atoms with Crippen molar-refractivity contribution in [3.63, 3.8) is 0 Å². The highest BCUT2D eigenvalue weighted by Gasteiger charge is 2.07. The fraction of sp³-hybridized carbons (Fsp3) is 0.417. The minimum Gasteiger partial charge on any atom is -0.463 e. The molecule has 0 aromatic heterocycles. The summed E-state index contributed by atoms with van der Waals surface area (Å²) in [6, 6.07) is 7.85. The zero-order chi connectivity index (χ0) is 10.6. The van der Waals surface area contributed by atoms with Gasteiger partial charge in [0, 0.05) is 0 Å². The molecule has 0 unspecified atom stereocenters. The fourth-order valence-electron chi connectivity index (χ4n) is 1.27. The SMILES string of the molecule is Cc1ccccc1CC(=O)OC(C)C. The Morgan fingerprint density at radius 2 is 2.00 bits per heavy atom. The van der Waals surface area contributed by atoms with E-state index in [-0.39, 0.29) is 12.1 Å². The van der Waals surface area contributed by atoms with Crippen molar-refractivity contribution >= 4 is 5.97 Å². The Kier molecular flexibility index (Phi) is 3.69. The molecule has 14 heavy (non-hydrogen) atoms. The molecule has 0 radical (unpaired) electrons. The van der Waals surface area contributed by atoms with Crippen LogP contribution in [0.25, 0.3) is 0 Å². The van der Waals surface area contributed by atoms with Gasteiger partial charge in [-0.15, -0.1) is 0 Å². The average molecular weight is 192 g/mol. The molecule has 0 heterocycles. The highest BCUT2D eigenvalue weighted by atomic mass is 16.5. The molecule has 0 atom stereocenters. The predicted octanol–water partition coefficient (Wildman–Crippen LogP) is 2.49. The maximum atomic E-state index is 11.4. The summed E-state index contributed by atoms with van der Waals surface area (Å²) in [5, 5.41) is 0. The van der Waals surface area contributed by atoms with Crippen molar-refractivity contribution in [3.05, 3.63) is 35.4 Å². The summed E-state index contributed by atoms with van der Waals surface area (Å²) in [4.78, 5) is 11.4. The first-order valence-electron chi connectivity index (χ1n) is 4.83. The van der Waals surface area contributed by atoms with Crippen LogP contribution < -0.4 is 0 Å². The molecular weight excluding hydrogens is 176 g/mol. The van der Waals surface area contributed by atoms with E-state index in [1.54, 1.807) is 0 Å². The number of aryl methyl sites for hydroxylation is 1. The van der Waals surface area contributed by atoms with Gasteiger partial charge in [-0.25, -0.2) is 0 Å². The second kappa shape index (κ2) is 4.80. The van der Waals surface area contributed by atoms with Gasteiger partial charge < -0.3 is 4.74 Å². The van der Waals surface area contributed by atoms with Crippen LogP contribution in [0.5, 0.6) is 0 Å². The minimum atomic E-state index is -0.158. The molecule has 1 rings (SSSR count). The quantitative estimate of drug-likeness (QED) is 0.688. The summed E-state index contributed by atoms with van der Waals surface area (Å²) in [6.07, 6.45) is 0.330.